The number of nitriles is 1. The van der Waals surface area contributed by atoms with Gasteiger partial charge in [0.25, 0.3) is 5.91 Å². The summed E-state index contributed by atoms with van der Waals surface area (Å²) in [7, 11) is 1.74. The maximum atomic E-state index is 11.8. The molecule has 0 radical (unpaired) electrons. The van der Waals surface area contributed by atoms with E-state index in [1.165, 1.54) is 0 Å². The van der Waals surface area contributed by atoms with Crippen LogP contribution in [0.25, 0.3) is 0 Å². The van der Waals surface area contributed by atoms with Crippen LogP contribution in [0.15, 0.2) is 36.5 Å². The second kappa shape index (κ2) is 4.49. The number of nitrogens with zero attached hydrogens (tertiary/aromatic N) is 3. The third-order valence-corrected chi connectivity index (χ3v) is 2.34. The molecule has 0 spiro atoms. The lowest BCUT2D eigenvalue weighted by atomic mass is 10.1. The van der Waals surface area contributed by atoms with Gasteiger partial charge in [0.15, 0.2) is 0 Å². The lowest BCUT2D eigenvalue weighted by Gasteiger charge is -2.04. The highest BCUT2D eigenvalue weighted by molar-refractivity contribution is 6.03. The summed E-state index contributed by atoms with van der Waals surface area (Å²) < 4.78 is 1.57. The number of anilines is 1. The summed E-state index contributed by atoms with van der Waals surface area (Å²) in [6.07, 6.45) is 1.61. The van der Waals surface area contributed by atoms with E-state index in [2.05, 4.69) is 10.4 Å². The number of aromatic nitrogens is 2. The zero-order chi connectivity index (χ0) is 12.3. The molecule has 1 amide bonds. The van der Waals surface area contributed by atoms with Gasteiger partial charge < -0.3 is 5.32 Å². The van der Waals surface area contributed by atoms with Crippen molar-refractivity contribution in [3.05, 3.63) is 47.7 Å². The van der Waals surface area contributed by atoms with Crippen molar-refractivity contribution in [1.82, 2.24) is 9.78 Å². The molecule has 2 rings (SSSR count). The molecule has 5 nitrogen and oxygen atoms in total. The fraction of sp³-hybridized carbons (Fsp3) is 0.0833. The number of hydrogen-bond acceptors (Lipinski definition) is 3. The Labute approximate surface area is 98.3 Å². The predicted molar refractivity (Wildman–Crippen MR) is 62.3 cm³/mol. The first-order valence-corrected chi connectivity index (χ1v) is 5.00. The summed E-state index contributed by atoms with van der Waals surface area (Å²) in [5, 5.41) is 15.3. The highest BCUT2D eigenvalue weighted by atomic mass is 16.1. The van der Waals surface area contributed by atoms with Crippen molar-refractivity contribution in [3.63, 3.8) is 0 Å². The molecular weight excluding hydrogens is 216 g/mol. The average Bonchev–Trinajstić information content (AvgIpc) is 2.75. The molecule has 0 atom stereocenters. The number of hydrogen-bond donors (Lipinski definition) is 1. The smallest absolute Gasteiger partial charge is 0.256 e. The summed E-state index contributed by atoms with van der Waals surface area (Å²) in [6, 6.07) is 10.2. The highest BCUT2D eigenvalue weighted by Crippen LogP contribution is 2.08. The molecule has 17 heavy (non-hydrogen) atoms. The first-order chi connectivity index (χ1) is 8.20. The Bertz CT molecular complexity index is 577. The Morgan fingerprint density at radius 3 is 2.59 bits per heavy atom. The SMILES string of the molecule is Cn1nccc1NC(=O)c1ccc(C#N)cc1. The summed E-state index contributed by atoms with van der Waals surface area (Å²) >= 11 is 0. The van der Waals surface area contributed by atoms with Crippen molar-refractivity contribution in [2.45, 2.75) is 0 Å². The lowest BCUT2D eigenvalue weighted by molar-refractivity contribution is 0.102. The van der Waals surface area contributed by atoms with Crippen LogP contribution in [0.4, 0.5) is 5.82 Å². The van der Waals surface area contributed by atoms with Gasteiger partial charge in [-0.1, -0.05) is 0 Å². The third kappa shape index (κ3) is 2.32. The van der Waals surface area contributed by atoms with Gasteiger partial charge in [0.2, 0.25) is 0 Å². The van der Waals surface area contributed by atoms with E-state index < -0.39 is 0 Å². The normalized spacial score (nSPS) is 9.65. The highest BCUT2D eigenvalue weighted by Gasteiger charge is 2.07. The van der Waals surface area contributed by atoms with Crippen molar-refractivity contribution < 1.29 is 4.79 Å². The van der Waals surface area contributed by atoms with Gasteiger partial charge >= 0.3 is 0 Å². The molecule has 1 N–H and O–H groups in total. The molecule has 0 bridgehead atoms. The molecule has 2 aromatic rings. The van der Waals surface area contributed by atoms with Crippen LogP contribution in [-0.2, 0) is 7.05 Å². The van der Waals surface area contributed by atoms with Crippen LogP contribution in [0.2, 0.25) is 0 Å². The molecule has 5 heteroatoms. The number of nitrogens with one attached hydrogen (secondary N) is 1. The Hall–Kier alpha value is -2.61. The van der Waals surface area contributed by atoms with E-state index in [0.29, 0.717) is 16.9 Å². The van der Waals surface area contributed by atoms with E-state index in [1.54, 1.807) is 48.3 Å². The van der Waals surface area contributed by atoms with Gasteiger partial charge in [0.05, 0.1) is 17.8 Å². The van der Waals surface area contributed by atoms with Gasteiger partial charge in [-0.05, 0) is 24.3 Å². The van der Waals surface area contributed by atoms with Gasteiger partial charge in [0, 0.05) is 18.7 Å². The molecule has 0 aliphatic rings. The van der Waals surface area contributed by atoms with E-state index in [1.807, 2.05) is 6.07 Å². The zero-order valence-corrected chi connectivity index (χ0v) is 9.21. The van der Waals surface area contributed by atoms with E-state index in [9.17, 15) is 4.79 Å². The van der Waals surface area contributed by atoms with Gasteiger partial charge in [-0.25, -0.2) is 0 Å². The van der Waals surface area contributed by atoms with Crippen LogP contribution in [0.3, 0.4) is 0 Å². The maximum absolute atomic E-state index is 11.8. The maximum Gasteiger partial charge on any atom is 0.256 e. The lowest BCUT2D eigenvalue weighted by Crippen LogP contribution is -2.14. The van der Waals surface area contributed by atoms with Crippen molar-refractivity contribution in [3.8, 4) is 6.07 Å². The predicted octanol–water partition coefficient (Wildman–Crippen LogP) is 1.54. The Morgan fingerprint density at radius 1 is 1.35 bits per heavy atom. The molecule has 0 saturated heterocycles. The van der Waals surface area contributed by atoms with Crippen LogP contribution in [0.5, 0.6) is 0 Å². The monoisotopic (exact) mass is 226 g/mol. The molecule has 1 heterocycles. The minimum atomic E-state index is -0.224. The number of benzene rings is 1. The largest absolute Gasteiger partial charge is 0.307 e. The minimum Gasteiger partial charge on any atom is -0.307 e. The van der Waals surface area contributed by atoms with Crippen LogP contribution in [0, 0.1) is 11.3 Å². The second-order valence-corrected chi connectivity index (χ2v) is 3.48. The minimum absolute atomic E-state index is 0.224. The third-order valence-electron chi connectivity index (χ3n) is 2.34. The molecule has 0 saturated carbocycles. The van der Waals surface area contributed by atoms with E-state index in [-0.39, 0.29) is 5.91 Å². The number of amides is 1. The molecule has 0 fully saturated rings. The molecule has 1 aromatic carbocycles. The average molecular weight is 226 g/mol. The Balaban J connectivity index is 2.15. The van der Waals surface area contributed by atoms with Crippen molar-refractivity contribution >= 4 is 11.7 Å². The van der Waals surface area contributed by atoms with Gasteiger partial charge in [-0.3, -0.25) is 9.48 Å². The summed E-state index contributed by atoms with van der Waals surface area (Å²) in [5.74, 6) is 0.400. The molecular formula is C12H10N4O. The first kappa shape index (κ1) is 10.9. The topological polar surface area (TPSA) is 70.7 Å². The number of rotatable bonds is 2. The molecule has 84 valence electrons. The quantitative estimate of drug-likeness (QED) is 0.844. The first-order valence-electron chi connectivity index (χ1n) is 5.00. The van der Waals surface area contributed by atoms with Crippen LogP contribution < -0.4 is 5.32 Å². The van der Waals surface area contributed by atoms with E-state index in [4.69, 9.17) is 5.26 Å². The van der Waals surface area contributed by atoms with Gasteiger partial charge in [0.1, 0.15) is 5.82 Å². The van der Waals surface area contributed by atoms with E-state index >= 15 is 0 Å². The molecule has 0 aliphatic heterocycles. The second-order valence-electron chi connectivity index (χ2n) is 3.48. The molecule has 1 aromatic heterocycles. The summed E-state index contributed by atoms with van der Waals surface area (Å²) in [4.78, 5) is 11.8. The van der Waals surface area contributed by atoms with Crippen molar-refractivity contribution in [2.75, 3.05) is 5.32 Å². The summed E-state index contributed by atoms with van der Waals surface area (Å²) in [5.41, 5.74) is 1.03. The Kier molecular flexibility index (Phi) is 2.88. The fourth-order valence-corrected chi connectivity index (χ4v) is 1.38. The fourth-order valence-electron chi connectivity index (χ4n) is 1.38. The van der Waals surface area contributed by atoms with Crippen LogP contribution >= 0.6 is 0 Å². The standard InChI is InChI=1S/C12H10N4O/c1-16-11(6-7-14-16)15-12(17)10-4-2-9(8-13)3-5-10/h2-7H,1H3,(H,15,17). The Morgan fingerprint density at radius 2 is 2.06 bits per heavy atom. The van der Waals surface area contributed by atoms with Gasteiger partial charge in [-0.15, -0.1) is 0 Å². The number of carbonyl (C=O) groups is 1. The number of aryl methyl sites for hydroxylation is 1. The van der Waals surface area contributed by atoms with Crippen LogP contribution in [-0.4, -0.2) is 15.7 Å². The van der Waals surface area contributed by atoms with E-state index in [0.717, 1.165) is 0 Å². The zero-order valence-electron chi connectivity index (χ0n) is 9.21. The van der Waals surface area contributed by atoms with Crippen molar-refractivity contribution in [2.24, 2.45) is 7.05 Å². The summed E-state index contributed by atoms with van der Waals surface area (Å²) in [6.45, 7) is 0. The number of carbonyl (C=O) groups excluding carboxylic acids is 1. The molecule has 0 unspecified atom stereocenters. The van der Waals surface area contributed by atoms with Crippen LogP contribution in [0.1, 0.15) is 15.9 Å². The van der Waals surface area contributed by atoms with Crippen molar-refractivity contribution in [1.29, 1.82) is 5.26 Å². The molecule has 0 aliphatic carbocycles. The van der Waals surface area contributed by atoms with Gasteiger partial charge in [-0.2, -0.15) is 10.4 Å².